The van der Waals surface area contributed by atoms with Gasteiger partial charge in [0.05, 0.1) is 18.2 Å². The van der Waals surface area contributed by atoms with Gasteiger partial charge in [-0.1, -0.05) is 23.7 Å². The molecule has 1 aliphatic rings. The molecule has 1 atom stereocenters. The summed E-state index contributed by atoms with van der Waals surface area (Å²) in [5.74, 6) is -1.71. The molecule has 0 aromatic heterocycles. The number of halogens is 1. The molecule has 0 radical (unpaired) electrons. The van der Waals surface area contributed by atoms with Crippen LogP contribution in [-0.2, 0) is 24.5 Å². The number of hydrogen-bond donors (Lipinski definition) is 2. The highest BCUT2D eigenvalue weighted by molar-refractivity contribution is 7.87. The fourth-order valence-electron chi connectivity index (χ4n) is 2.63. The maximum absolute atomic E-state index is 12.6. The summed E-state index contributed by atoms with van der Waals surface area (Å²) in [6.45, 7) is 3.52. The quantitative estimate of drug-likeness (QED) is 0.658. The van der Waals surface area contributed by atoms with Crippen LogP contribution in [0.15, 0.2) is 30.0 Å². The summed E-state index contributed by atoms with van der Waals surface area (Å²) in [4.78, 5) is 23.1. The molecule has 0 bridgehead atoms. The Morgan fingerprint density at radius 1 is 1.37 bits per heavy atom. The first kappa shape index (κ1) is 21.2. The van der Waals surface area contributed by atoms with Gasteiger partial charge in [0.2, 0.25) is 0 Å². The Hall–Kier alpha value is -2.10. The number of benzene rings is 1. The predicted molar refractivity (Wildman–Crippen MR) is 99.3 cm³/mol. The maximum atomic E-state index is 12.6. The molecule has 2 rings (SSSR count). The zero-order chi connectivity index (χ0) is 20.2. The molecule has 0 aliphatic carbocycles. The second-order valence-electron chi connectivity index (χ2n) is 5.99. The van der Waals surface area contributed by atoms with Gasteiger partial charge in [-0.3, -0.25) is 9.10 Å². The molecule has 1 heterocycles. The van der Waals surface area contributed by atoms with Crippen LogP contribution in [0.2, 0.25) is 5.02 Å². The Kier molecular flexibility index (Phi) is 6.85. The van der Waals surface area contributed by atoms with Crippen molar-refractivity contribution in [2.45, 2.75) is 32.7 Å². The Morgan fingerprint density at radius 3 is 2.67 bits per heavy atom. The Morgan fingerprint density at radius 2 is 2.07 bits per heavy atom. The number of rotatable bonds is 7. The summed E-state index contributed by atoms with van der Waals surface area (Å²) in [5.41, 5.74) is 1.39. The van der Waals surface area contributed by atoms with E-state index in [4.69, 9.17) is 21.4 Å². The average Bonchev–Trinajstić information content (AvgIpc) is 2.55. The third-order valence-corrected chi connectivity index (χ3v) is 5.68. The van der Waals surface area contributed by atoms with E-state index in [0.717, 1.165) is 9.87 Å². The van der Waals surface area contributed by atoms with Crippen molar-refractivity contribution < 1.29 is 27.9 Å². The summed E-state index contributed by atoms with van der Waals surface area (Å²) in [6, 6.07) is 4.08. The molecule has 27 heavy (non-hydrogen) atoms. The molecule has 0 fully saturated rings. The third kappa shape index (κ3) is 5.21. The monoisotopic (exact) mass is 416 g/mol. The van der Waals surface area contributed by atoms with Crippen molar-refractivity contribution in [3.63, 3.8) is 0 Å². The van der Waals surface area contributed by atoms with E-state index in [2.05, 4.69) is 4.72 Å². The molecule has 0 saturated heterocycles. The van der Waals surface area contributed by atoms with Gasteiger partial charge in [0.1, 0.15) is 0 Å². The Labute approximate surface area is 162 Å². The van der Waals surface area contributed by atoms with Crippen LogP contribution in [0.4, 0.5) is 0 Å². The topological polar surface area (TPSA) is 113 Å². The number of hydrogen-bond acceptors (Lipinski definition) is 5. The Balaban J connectivity index is 2.44. The van der Waals surface area contributed by atoms with Gasteiger partial charge in [0.15, 0.2) is 0 Å². The van der Waals surface area contributed by atoms with Gasteiger partial charge < -0.3 is 9.84 Å². The van der Waals surface area contributed by atoms with Gasteiger partial charge in [-0.2, -0.15) is 13.1 Å². The van der Waals surface area contributed by atoms with Gasteiger partial charge in [-0.05, 0) is 37.5 Å². The lowest BCUT2D eigenvalue weighted by molar-refractivity contribution is -0.139. The molecule has 0 spiro atoms. The van der Waals surface area contributed by atoms with E-state index in [-0.39, 0.29) is 31.6 Å². The van der Waals surface area contributed by atoms with Crippen molar-refractivity contribution in [1.29, 1.82) is 0 Å². The minimum absolute atomic E-state index is 0.0766. The minimum atomic E-state index is -3.98. The molecule has 8 nitrogen and oxygen atoms in total. The molecular weight excluding hydrogens is 396 g/mol. The molecular formula is C17H21ClN2O6S. The SMILES string of the molecule is CCOC(=O)C1=CN(CCCC(=O)O)S(=O)(=O)NC1c1ccc(C)cc1Cl. The van der Waals surface area contributed by atoms with Gasteiger partial charge in [0, 0.05) is 24.2 Å². The van der Waals surface area contributed by atoms with Gasteiger partial charge >= 0.3 is 22.1 Å². The maximum Gasteiger partial charge on any atom is 0.337 e. The highest BCUT2D eigenvalue weighted by Crippen LogP contribution is 2.33. The number of carbonyl (C=O) groups is 2. The number of carboxylic acid groups (broad SMARTS) is 1. The van der Waals surface area contributed by atoms with E-state index in [9.17, 15) is 18.0 Å². The largest absolute Gasteiger partial charge is 0.481 e. The molecule has 1 aromatic rings. The minimum Gasteiger partial charge on any atom is -0.481 e. The summed E-state index contributed by atoms with van der Waals surface area (Å²) < 4.78 is 33.6. The number of carbonyl (C=O) groups excluding carboxylic acids is 1. The number of aryl methyl sites for hydroxylation is 1. The molecule has 1 unspecified atom stereocenters. The van der Waals surface area contributed by atoms with E-state index in [1.165, 1.54) is 6.20 Å². The highest BCUT2D eigenvalue weighted by atomic mass is 35.5. The van der Waals surface area contributed by atoms with Crippen molar-refractivity contribution >= 4 is 33.7 Å². The number of ether oxygens (including phenoxy) is 1. The molecule has 2 N–H and O–H groups in total. The summed E-state index contributed by atoms with van der Waals surface area (Å²) in [7, 11) is -3.98. The number of nitrogens with one attached hydrogen (secondary N) is 1. The number of carboxylic acids is 1. The van der Waals surface area contributed by atoms with Crippen molar-refractivity contribution in [1.82, 2.24) is 9.03 Å². The fourth-order valence-corrected chi connectivity index (χ4v) is 4.29. The summed E-state index contributed by atoms with van der Waals surface area (Å²) in [5, 5.41) is 9.06. The normalized spacial score (nSPS) is 18.7. The number of esters is 1. The van der Waals surface area contributed by atoms with Crippen LogP contribution in [0.3, 0.4) is 0 Å². The zero-order valence-corrected chi connectivity index (χ0v) is 16.5. The van der Waals surface area contributed by atoms with E-state index in [1.54, 1.807) is 25.1 Å². The molecule has 148 valence electrons. The van der Waals surface area contributed by atoms with Gasteiger partial charge in [0.25, 0.3) is 0 Å². The van der Waals surface area contributed by atoms with Crippen LogP contribution >= 0.6 is 11.6 Å². The molecule has 0 saturated carbocycles. The average molecular weight is 417 g/mol. The predicted octanol–water partition coefficient (Wildman–Crippen LogP) is 2.15. The van der Waals surface area contributed by atoms with Crippen LogP contribution in [0.5, 0.6) is 0 Å². The molecule has 1 aliphatic heterocycles. The van der Waals surface area contributed by atoms with Crippen molar-refractivity contribution in [2.75, 3.05) is 13.2 Å². The summed E-state index contributed by atoms with van der Waals surface area (Å²) >= 11 is 6.26. The third-order valence-electron chi connectivity index (χ3n) is 3.92. The fraction of sp³-hybridized carbons (Fsp3) is 0.412. The van der Waals surface area contributed by atoms with E-state index in [1.807, 2.05) is 6.92 Å². The van der Waals surface area contributed by atoms with Crippen LogP contribution in [0.25, 0.3) is 0 Å². The smallest absolute Gasteiger partial charge is 0.337 e. The van der Waals surface area contributed by atoms with Gasteiger partial charge in [-0.15, -0.1) is 0 Å². The highest BCUT2D eigenvalue weighted by Gasteiger charge is 2.37. The molecule has 1 aromatic carbocycles. The molecule has 10 heteroatoms. The lowest BCUT2D eigenvalue weighted by atomic mass is 9.99. The van der Waals surface area contributed by atoms with Crippen LogP contribution in [-0.4, -0.2) is 42.9 Å². The summed E-state index contributed by atoms with van der Waals surface area (Å²) in [6.07, 6.45) is 1.09. The van der Waals surface area contributed by atoms with Crippen molar-refractivity contribution in [2.24, 2.45) is 0 Å². The zero-order valence-electron chi connectivity index (χ0n) is 14.9. The lowest BCUT2D eigenvalue weighted by Gasteiger charge is -2.32. The second-order valence-corrected chi connectivity index (χ2v) is 8.06. The first-order chi connectivity index (χ1) is 12.7. The number of aliphatic carboxylic acids is 1. The van der Waals surface area contributed by atoms with Crippen LogP contribution < -0.4 is 4.72 Å². The Bertz CT molecular complexity index is 868. The van der Waals surface area contributed by atoms with Crippen LogP contribution in [0.1, 0.15) is 36.9 Å². The first-order valence-electron chi connectivity index (χ1n) is 8.31. The van der Waals surface area contributed by atoms with Gasteiger partial charge in [-0.25, -0.2) is 4.79 Å². The second kappa shape index (κ2) is 8.73. The number of nitrogens with zero attached hydrogens (tertiary/aromatic N) is 1. The lowest BCUT2D eigenvalue weighted by Crippen LogP contribution is -2.46. The first-order valence-corrected chi connectivity index (χ1v) is 10.1. The molecule has 0 amide bonds. The van der Waals surface area contributed by atoms with Crippen molar-refractivity contribution in [3.8, 4) is 0 Å². The van der Waals surface area contributed by atoms with E-state index < -0.39 is 28.2 Å². The van der Waals surface area contributed by atoms with Crippen LogP contribution in [0, 0.1) is 6.92 Å². The van der Waals surface area contributed by atoms with E-state index in [0.29, 0.717) is 10.6 Å². The van der Waals surface area contributed by atoms with E-state index >= 15 is 0 Å². The standard InChI is InChI=1S/C17H21ClN2O6S/c1-3-26-17(23)13-10-20(8-4-5-15(21)22)27(24,25)19-16(13)12-7-6-11(2)9-14(12)18/h6-7,9-10,16,19H,3-5,8H2,1-2H3,(H,21,22). The van der Waals surface area contributed by atoms with Crippen molar-refractivity contribution in [3.05, 3.63) is 46.1 Å².